The summed E-state index contributed by atoms with van der Waals surface area (Å²) in [5.41, 5.74) is 12.0. The van der Waals surface area contributed by atoms with Crippen LogP contribution in [0.3, 0.4) is 0 Å². The van der Waals surface area contributed by atoms with E-state index in [0.29, 0.717) is 18.7 Å². The van der Waals surface area contributed by atoms with Crippen LogP contribution in [0.2, 0.25) is 0 Å². The highest BCUT2D eigenvalue weighted by Crippen LogP contribution is 2.22. The Morgan fingerprint density at radius 2 is 2.07 bits per heavy atom. The van der Waals surface area contributed by atoms with E-state index in [1.165, 1.54) is 0 Å². The Morgan fingerprint density at radius 1 is 1.53 bits per heavy atom. The summed E-state index contributed by atoms with van der Waals surface area (Å²) in [7, 11) is 1.81. The van der Waals surface area contributed by atoms with Gasteiger partial charge in [-0.05, 0) is 33.7 Å². The maximum Gasteiger partial charge on any atom is 0.0670 e. The monoisotopic (exact) mass is 215 g/mol. The smallest absolute Gasteiger partial charge is 0.0670 e. The van der Waals surface area contributed by atoms with Gasteiger partial charge in [-0.25, -0.2) is 0 Å². The minimum absolute atomic E-state index is 0.0772. The number of nitrogens with one attached hydrogen (secondary N) is 1. The van der Waals surface area contributed by atoms with Crippen molar-refractivity contribution in [3.05, 3.63) is 12.3 Å². The SMILES string of the molecule is C=C(N)C(CC(O)CNC)CC(C)(C)N. The normalized spacial score (nSPS) is 16.1. The molecule has 4 nitrogen and oxygen atoms in total. The topological polar surface area (TPSA) is 84.3 Å². The molecule has 0 aliphatic rings. The number of hydrogen-bond donors (Lipinski definition) is 4. The van der Waals surface area contributed by atoms with Crippen molar-refractivity contribution in [2.75, 3.05) is 13.6 Å². The molecule has 0 radical (unpaired) electrons. The quantitative estimate of drug-likeness (QED) is 0.488. The predicted molar refractivity (Wildman–Crippen MR) is 64.3 cm³/mol. The molecule has 90 valence electrons. The summed E-state index contributed by atoms with van der Waals surface area (Å²) in [5, 5.41) is 12.6. The summed E-state index contributed by atoms with van der Waals surface area (Å²) in [4.78, 5) is 0. The Balaban J connectivity index is 4.23. The second kappa shape index (κ2) is 6.10. The largest absolute Gasteiger partial charge is 0.402 e. The summed E-state index contributed by atoms with van der Waals surface area (Å²) >= 11 is 0. The molecule has 0 spiro atoms. The fourth-order valence-corrected chi connectivity index (χ4v) is 1.65. The summed E-state index contributed by atoms with van der Waals surface area (Å²) in [6.07, 6.45) is 0.947. The Kier molecular flexibility index (Phi) is 5.87. The first kappa shape index (κ1) is 14.4. The molecule has 0 amide bonds. The van der Waals surface area contributed by atoms with Gasteiger partial charge in [-0.1, -0.05) is 6.58 Å². The molecule has 0 aromatic rings. The Morgan fingerprint density at radius 3 is 2.40 bits per heavy atom. The Bertz CT molecular complexity index is 198. The first-order chi connectivity index (χ1) is 6.76. The van der Waals surface area contributed by atoms with Crippen molar-refractivity contribution in [1.82, 2.24) is 5.32 Å². The fraction of sp³-hybridized carbons (Fsp3) is 0.818. The van der Waals surface area contributed by atoms with Crippen LogP contribution in [0.1, 0.15) is 26.7 Å². The maximum atomic E-state index is 9.67. The summed E-state index contributed by atoms with van der Waals surface area (Å²) in [6.45, 7) is 8.21. The van der Waals surface area contributed by atoms with Gasteiger partial charge in [-0.15, -0.1) is 0 Å². The van der Waals surface area contributed by atoms with Gasteiger partial charge in [0.05, 0.1) is 6.10 Å². The molecule has 0 aromatic heterocycles. The number of likely N-dealkylation sites (N-methyl/N-ethyl adjacent to an activating group) is 1. The molecule has 0 aliphatic carbocycles. The van der Waals surface area contributed by atoms with Crippen molar-refractivity contribution in [2.24, 2.45) is 17.4 Å². The lowest BCUT2D eigenvalue weighted by Crippen LogP contribution is -2.37. The van der Waals surface area contributed by atoms with E-state index in [0.717, 1.165) is 6.42 Å². The van der Waals surface area contributed by atoms with Crippen LogP contribution in [-0.2, 0) is 0 Å². The van der Waals surface area contributed by atoms with Crippen LogP contribution in [0.5, 0.6) is 0 Å². The van der Waals surface area contributed by atoms with Gasteiger partial charge in [-0.3, -0.25) is 0 Å². The van der Waals surface area contributed by atoms with Crippen LogP contribution in [0.4, 0.5) is 0 Å². The van der Waals surface area contributed by atoms with Crippen LogP contribution in [0.15, 0.2) is 12.3 Å². The van der Waals surface area contributed by atoms with Gasteiger partial charge in [0.2, 0.25) is 0 Å². The molecule has 0 heterocycles. The fourth-order valence-electron chi connectivity index (χ4n) is 1.65. The third-order valence-electron chi connectivity index (χ3n) is 2.29. The number of rotatable bonds is 7. The highest BCUT2D eigenvalue weighted by atomic mass is 16.3. The molecule has 0 aromatic carbocycles. The van der Waals surface area contributed by atoms with E-state index >= 15 is 0 Å². The number of aliphatic hydroxyl groups excluding tert-OH is 1. The first-order valence-corrected chi connectivity index (χ1v) is 5.32. The molecule has 0 saturated carbocycles. The highest BCUT2D eigenvalue weighted by molar-refractivity contribution is 4.98. The lowest BCUT2D eigenvalue weighted by molar-refractivity contribution is 0.141. The molecule has 6 N–H and O–H groups in total. The molecule has 0 fully saturated rings. The van der Waals surface area contributed by atoms with Gasteiger partial charge in [0.1, 0.15) is 0 Å². The van der Waals surface area contributed by atoms with Crippen LogP contribution < -0.4 is 16.8 Å². The van der Waals surface area contributed by atoms with Crippen molar-refractivity contribution in [3.63, 3.8) is 0 Å². The minimum atomic E-state index is -0.400. The van der Waals surface area contributed by atoms with E-state index in [1.807, 2.05) is 20.9 Å². The molecule has 15 heavy (non-hydrogen) atoms. The van der Waals surface area contributed by atoms with Crippen LogP contribution >= 0.6 is 0 Å². The molecule has 0 bridgehead atoms. The number of hydrogen-bond acceptors (Lipinski definition) is 4. The van der Waals surface area contributed by atoms with E-state index in [1.54, 1.807) is 0 Å². The van der Waals surface area contributed by atoms with Gasteiger partial charge in [-0.2, -0.15) is 0 Å². The van der Waals surface area contributed by atoms with Crippen molar-refractivity contribution < 1.29 is 5.11 Å². The van der Waals surface area contributed by atoms with E-state index in [2.05, 4.69) is 11.9 Å². The van der Waals surface area contributed by atoms with Crippen molar-refractivity contribution in [1.29, 1.82) is 0 Å². The maximum absolute atomic E-state index is 9.67. The second-order valence-electron chi connectivity index (χ2n) is 4.91. The zero-order valence-electron chi connectivity index (χ0n) is 10.1. The number of allylic oxidation sites excluding steroid dienone is 1. The molecule has 0 saturated heterocycles. The van der Waals surface area contributed by atoms with E-state index in [4.69, 9.17) is 11.5 Å². The van der Waals surface area contributed by atoms with Crippen LogP contribution in [0, 0.1) is 5.92 Å². The van der Waals surface area contributed by atoms with E-state index in [9.17, 15) is 5.11 Å². The average Bonchev–Trinajstić information content (AvgIpc) is 2.00. The molecular formula is C11H25N3O. The van der Waals surface area contributed by atoms with Gasteiger partial charge >= 0.3 is 0 Å². The standard InChI is InChI=1S/C11H25N3O/c1-8(12)9(6-11(2,3)13)5-10(15)7-14-4/h9-10,14-15H,1,5-7,12-13H2,2-4H3. The zero-order chi connectivity index (χ0) is 12.1. The molecule has 2 unspecified atom stereocenters. The first-order valence-electron chi connectivity index (χ1n) is 5.32. The predicted octanol–water partition coefficient (Wildman–Crippen LogP) is 0.173. The summed E-state index contributed by atoms with van der Waals surface area (Å²) < 4.78 is 0. The van der Waals surface area contributed by atoms with Gasteiger partial charge in [0, 0.05) is 23.7 Å². The molecule has 4 heteroatoms. The van der Waals surface area contributed by atoms with Crippen molar-refractivity contribution in [2.45, 2.75) is 38.3 Å². The Labute approximate surface area is 92.7 Å². The summed E-state index contributed by atoms with van der Waals surface area (Å²) in [5.74, 6) is 0.0772. The molecular weight excluding hydrogens is 190 g/mol. The third-order valence-corrected chi connectivity index (χ3v) is 2.29. The van der Waals surface area contributed by atoms with Crippen molar-refractivity contribution >= 4 is 0 Å². The van der Waals surface area contributed by atoms with Crippen LogP contribution in [-0.4, -0.2) is 30.3 Å². The number of aliphatic hydroxyl groups is 1. The van der Waals surface area contributed by atoms with Crippen LogP contribution in [0.25, 0.3) is 0 Å². The second-order valence-corrected chi connectivity index (χ2v) is 4.91. The third kappa shape index (κ3) is 7.36. The minimum Gasteiger partial charge on any atom is -0.402 e. The highest BCUT2D eigenvalue weighted by Gasteiger charge is 2.22. The number of nitrogens with two attached hydrogens (primary N) is 2. The average molecular weight is 215 g/mol. The van der Waals surface area contributed by atoms with Gasteiger partial charge < -0.3 is 21.9 Å². The zero-order valence-corrected chi connectivity index (χ0v) is 10.1. The van der Waals surface area contributed by atoms with Crippen molar-refractivity contribution in [3.8, 4) is 0 Å². The van der Waals surface area contributed by atoms with E-state index in [-0.39, 0.29) is 11.5 Å². The van der Waals surface area contributed by atoms with E-state index < -0.39 is 6.10 Å². The van der Waals surface area contributed by atoms with Gasteiger partial charge in [0.15, 0.2) is 0 Å². The Hall–Kier alpha value is -0.580. The molecule has 0 aliphatic heterocycles. The lowest BCUT2D eigenvalue weighted by atomic mass is 9.86. The summed E-state index contributed by atoms with van der Waals surface area (Å²) in [6, 6.07) is 0. The molecule has 0 rings (SSSR count). The molecule has 2 atom stereocenters. The lowest BCUT2D eigenvalue weighted by Gasteiger charge is -2.27. The van der Waals surface area contributed by atoms with Gasteiger partial charge in [0.25, 0.3) is 0 Å².